The van der Waals surface area contributed by atoms with Gasteiger partial charge in [-0.25, -0.2) is 9.07 Å². The Kier molecular flexibility index (Phi) is 8.25. The molecule has 0 radical (unpaired) electrons. The summed E-state index contributed by atoms with van der Waals surface area (Å²) in [5, 5.41) is 11.3. The molecule has 0 aliphatic rings. The fourth-order valence-electron chi connectivity index (χ4n) is 4.76. The van der Waals surface area contributed by atoms with Gasteiger partial charge in [0.15, 0.2) is 0 Å². The highest BCUT2D eigenvalue weighted by atomic mass is 19.1. The summed E-state index contributed by atoms with van der Waals surface area (Å²) in [6.07, 6.45) is 0.570. The average molecular weight is 536 g/mol. The zero-order chi connectivity index (χ0) is 27.9. The molecule has 8 heteroatoms. The summed E-state index contributed by atoms with van der Waals surface area (Å²) in [5.74, 6) is -0.920. The standard InChI is InChI=1S/C32H30FN5O2/c1-23-8-7-9-24(20-23)18-19-37(30(39)22-38-29-13-6-5-12-28(29)35-36-38)31(26-10-3-2-4-11-26)32(40)34-21-25-14-16-27(33)17-15-25/h2-17,20,31H,18-19,21-22H2,1H3,(H,34,40). The molecule has 0 spiro atoms. The number of hydrogen-bond donors (Lipinski definition) is 1. The maximum atomic E-state index is 14.0. The summed E-state index contributed by atoms with van der Waals surface area (Å²) in [6.45, 7) is 2.48. The maximum Gasteiger partial charge on any atom is 0.247 e. The SMILES string of the molecule is Cc1cccc(CCN(C(=O)Cn2nnc3ccccc32)C(C(=O)NCc2ccc(F)cc2)c2ccccc2)c1. The van der Waals surface area contributed by atoms with Crippen molar-refractivity contribution in [2.75, 3.05) is 6.54 Å². The first-order chi connectivity index (χ1) is 19.5. The van der Waals surface area contributed by atoms with Crippen LogP contribution in [0.15, 0.2) is 103 Å². The van der Waals surface area contributed by atoms with Crippen LogP contribution in [0.25, 0.3) is 11.0 Å². The van der Waals surface area contributed by atoms with Gasteiger partial charge >= 0.3 is 0 Å². The van der Waals surface area contributed by atoms with Gasteiger partial charge in [0.1, 0.15) is 23.9 Å². The van der Waals surface area contributed by atoms with Gasteiger partial charge in [0, 0.05) is 13.1 Å². The number of rotatable bonds is 10. The first-order valence-electron chi connectivity index (χ1n) is 13.2. The van der Waals surface area contributed by atoms with Crippen molar-refractivity contribution < 1.29 is 14.0 Å². The number of halogens is 1. The highest BCUT2D eigenvalue weighted by Crippen LogP contribution is 2.24. The van der Waals surface area contributed by atoms with Crippen molar-refractivity contribution in [3.05, 3.63) is 131 Å². The number of aryl methyl sites for hydroxylation is 1. The van der Waals surface area contributed by atoms with Gasteiger partial charge in [0.25, 0.3) is 0 Å². The third-order valence-corrected chi connectivity index (χ3v) is 6.80. The number of benzene rings is 4. The van der Waals surface area contributed by atoms with Gasteiger partial charge in [0.05, 0.1) is 5.52 Å². The highest BCUT2D eigenvalue weighted by Gasteiger charge is 2.31. The molecule has 4 aromatic carbocycles. The van der Waals surface area contributed by atoms with E-state index in [1.807, 2.05) is 79.7 Å². The van der Waals surface area contributed by atoms with Crippen LogP contribution in [-0.2, 0) is 29.1 Å². The van der Waals surface area contributed by atoms with Gasteiger partial charge in [-0.3, -0.25) is 9.59 Å². The summed E-state index contributed by atoms with van der Waals surface area (Å²) in [5.41, 5.74) is 5.09. The lowest BCUT2D eigenvalue weighted by molar-refractivity contribution is -0.141. The number of carbonyl (C=O) groups is 2. The molecule has 0 aliphatic carbocycles. The van der Waals surface area contributed by atoms with E-state index in [9.17, 15) is 14.0 Å². The predicted octanol–water partition coefficient (Wildman–Crippen LogP) is 5.01. The normalized spacial score (nSPS) is 11.8. The molecule has 1 atom stereocenters. The van der Waals surface area contributed by atoms with E-state index in [1.165, 1.54) is 12.1 Å². The Labute approximate surface area is 232 Å². The Bertz CT molecular complexity index is 1600. The predicted molar refractivity (Wildman–Crippen MR) is 152 cm³/mol. The van der Waals surface area contributed by atoms with E-state index in [4.69, 9.17) is 0 Å². The molecule has 7 nitrogen and oxygen atoms in total. The van der Waals surface area contributed by atoms with Crippen molar-refractivity contribution >= 4 is 22.8 Å². The number of fused-ring (bicyclic) bond motifs is 1. The number of carbonyl (C=O) groups excluding carboxylic acids is 2. The Morgan fingerprint density at radius 2 is 1.65 bits per heavy atom. The number of amides is 2. The van der Waals surface area contributed by atoms with Gasteiger partial charge in [-0.05, 0) is 54.3 Å². The van der Waals surface area contributed by atoms with Crippen LogP contribution in [0.2, 0.25) is 0 Å². The van der Waals surface area contributed by atoms with Crippen LogP contribution >= 0.6 is 0 Å². The number of hydrogen-bond acceptors (Lipinski definition) is 4. The molecule has 1 aromatic heterocycles. The molecular formula is C32H30FN5O2. The average Bonchev–Trinajstić information content (AvgIpc) is 3.38. The van der Waals surface area contributed by atoms with Crippen molar-refractivity contribution in [1.29, 1.82) is 0 Å². The largest absolute Gasteiger partial charge is 0.350 e. The van der Waals surface area contributed by atoms with Crippen molar-refractivity contribution in [3.8, 4) is 0 Å². The molecule has 0 fully saturated rings. The zero-order valence-corrected chi connectivity index (χ0v) is 22.2. The van der Waals surface area contributed by atoms with E-state index < -0.39 is 6.04 Å². The molecule has 1 unspecified atom stereocenters. The molecule has 5 rings (SSSR count). The third-order valence-electron chi connectivity index (χ3n) is 6.80. The summed E-state index contributed by atoms with van der Waals surface area (Å²) >= 11 is 0. The first-order valence-corrected chi connectivity index (χ1v) is 13.2. The van der Waals surface area contributed by atoms with Gasteiger partial charge in [-0.15, -0.1) is 5.10 Å². The lowest BCUT2D eigenvalue weighted by Gasteiger charge is -2.31. The summed E-state index contributed by atoms with van der Waals surface area (Å²) in [4.78, 5) is 29.4. The fraction of sp³-hybridized carbons (Fsp3) is 0.188. The van der Waals surface area contributed by atoms with E-state index in [-0.39, 0.29) is 30.7 Å². The molecule has 0 aliphatic heterocycles. The molecule has 202 valence electrons. The van der Waals surface area contributed by atoms with E-state index >= 15 is 0 Å². The molecule has 0 saturated heterocycles. The minimum atomic E-state index is -0.881. The summed E-state index contributed by atoms with van der Waals surface area (Å²) in [7, 11) is 0. The second-order valence-electron chi connectivity index (χ2n) is 9.72. The van der Waals surface area contributed by atoms with Crippen LogP contribution in [0.5, 0.6) is 0 Å². The van der Waals surface area contributed by atoms with Crippen molar-refractivity contribution in [2.24, 2.45) is 0 Å². The number of nitrogens with one attached hydrogen (secondary N) is 1. The van der Waals surface area contributed by atoms with E-state index in [2.05, 4.69) is 21.7 Å². The molecule has 5 aromatic rings. The van der Waals surface area contributed by atoms with E-state index in [0.717, 1.165) is 22.2 Å². The first kappa shape index (κ1) is 26.7. The smallest absolute Gasteiger partial charge is 0.247 e. The van der Waals surface area contributed by atoms with Gasteiger partial charge in [-0.1, -0.05) is 89.6 Å². The number of nitrogens with zero attached hydrogens (tertiary/aromatic N) is 4. The molecule has 0 saturated carbocycles. The maximum absolute atomic E-state index is 14.0. The Morgan fingerprint density at radius 1 is 0.900 bits per heavy atom. The molecule has 2 amide bonds. The second kappa shape index (κ2) is 12.3. The lowest BCUT2D eigenvalue weighted by Crippen LogP contribution is -2.45. The monoisotopic (exact) mass is 535 g/mol. The zero-order valence-electron chi connectivity index (χ0n) is 22.2. The van der Waals surface area contributed by atoms with Crippen molar-refractivity contribution in [2.45, 2.75) is 32.5 Å². The summed E-state index contributed by atoms with van der Waals surface area (Å²) < 4.78 is 15.0. The number of aromatic nitrogens is 3. The molecule has 40 heavy (non-hydrogen) atoms. The minimum absolute atomic E-state index is 0.0666. The Hall–Kier alpha value is -4.85. The van der Waals surface area contributed by atoms with Crippen LogP contribution < -0.4 is 5.32 Å². The van der Waals surface area contributed by atoms with E-state index in [1.54, 1.807) is 21.7 Å². The van der Waals surface area contributed by atoms with Crippen LogP contribution in [0, 0.1) is 12.7 Å². The lowest BCUT2D eigenvalue weighted by atomic mass is 10.0. The quantitative estimate of drug-likeness (QED) is 0.273. The molecule has 0 bridgehead atoms. The van der Waals surface area contributed by atoms with Crippen LogP contribution in [-0.4, -0.2) is 38.3 Å². The number of para-hydroxylation sites is 1. The van der Waals surface area contributed by atoms with Crippen molar-refractivity contribution in [1.82, 2.24) is 25.2 Å². The van der Waals surface area contributed by atoms with Crippen LogP contribution in [0.3, 0.4) is 0 Å². The molecular weight excluding hydrogens is 505 g/mol. The van der Waals surface area contributed by atoms with Gasteiger partial charge < -0.3 is 10.2 Å². The minimum Gasteiger partial charge on any atom is -0.350 e. The van der Waals surface area contributed by atoms with E-state index in [0.29, 0.717) is 24.0 Å². The Balaban J connectivity index is 1.46. The van der Waals surface area contributed by atoms with Crippen molar-refractivity contribution in [3.63, 3.8) is 0 Å². The van der Waals surface area contributed by atoms with Crippen LogP contribution in [0.4, 0.5) is 4.39 Å². The highest BCUT2D eigenvalue weighted by molar-refractivity contribution is 5.89. The molecule has 1 N–H and O–H groups in total. The van der Waals surface area contributed by atoms with Gasteiger partial charge in [0.2, 0.25) is 11.8 Å². The van der Waals surface area contributed by atoms with Gasteiger partial charge in [-0.2, -0.15) is 0 Å². The summed E-state index contributed by atoms with van der Waals surface area (Å²) in [6, 6.07) is 29.9. The fourth-order valence-corrected chi connectivity index (χ4v) is 4.76. The topological polar surface area (TPSA) is 80.1 Å². The Morgan fingerprint density at radius 3 is 2.42 bits per heavy atom. The molecule has 1 heterocycles. The van der Waals surface area contributed by atoms with Crippen LogP contribution in [0.1, 0.15) is 28.3 Å². The second-order valence-corrected chi connectivity index (χ2v) is 9.72. The third kappa shape index (κ3) is 6.40.